The Morgan fingerprint density at radius 3 is 2.50 bits per heavy atom. The van der Waals surface area contributed by atoms with Gasteiger partial charge in [0, 0.05) is 22.2 Å². The van der Waals surface area contributed by atoms with Crippen molar-refractivity contribution < 1.29 is 27.1 Å². The van der Waals surface area contributed by atoms with Gasteiger partial charge >= 0.3 is 6.18 Å². The lowest BCUT2D eigenvalue weighted by molar-refractivity contribution is -0.137. The van der Waals surface area contributed by atoms with E-state index in [2.05, 4.69) is 10.3 Å². The summed E-state index contributed by atoms with van der Waals surface area (Å²) >= 11 is 7.21. The summed E-state index contributed by atoms with van der Waals surface area (Å²) in [5.41, 5.74) is 0.200. The van der Waals surface area contributed by atoms with E-state index >= 15 is 0 Å². The number of hydrogen-bond acceptors (Lipinski definition) is 4. The molecule has 0 spiro atoms. The standard InChI is InChI=1S/C24H15ClF4N2O2S/c25-19-5-2-6-20(26)18(19)12-33-17-9-7-14(8-10-17)23-31-21(13-34-23)22(32)30-16-4-1-3-15(11-16)24(27,28)29/h1-11,13H,12H2,(H,30,32). The molecular weight excluding hydrogens is 492 g/mol. The maximum absolute atomic E-state index is 13.9. The summed E-state index contributed by atoms with van der Waals surface area (Å²) in [6.07, 6.45) is -4.51. The number of halogens is 5. The fraction of sp³-hybridized carbons (Fsp3) is 0.0833. The summed E-state index contributed by atoms with van der Waals surface area (Å²) < 4.78 is 58.1. The minimum Gasteiger partial charge on any atom is -0.489 e. The number of anilines is 1. The van der Waals surface area contributed by atoms with Crippen LogP contribution in [0.3, 0.4) is 0 Å². The van der Waals surface area contributed by atoms with Crippen LogP contribution in [0.15, 0.2) is 72.1 Å². The van der Waals surface area contributed by atoms with Gasteiger partial charge in [-0.25, -0.2) is 9.37 Å². The van der Waals surface area contributed by atoms with E-state index in [0.29, 0.717) is 16.3 Å². The van der Waals surface area contributed by atoms with Crippen LogP contribution in [-0.2, 0) is 12.8 Å². The van der Waals surface area contributed by atoms with Crippen molar-refractivity contribution in [1.29, 1.82) is 0 Å². The highest BCUT2D eigenvalue weighted by molar-refractivity contribution is 7.13. The lowest BCUT2D eigenvalue weighted by atomic mass is 10.2. The zero-order valence-electron chi connectivity index (χ0n) is 17.2. The van der Waals surface area contributed by atoms with Crippen molar-refractivity contribution >= 4 is 34.5 Å². The molecule has 0 aliphatic rings. The van der Waals surface area contributed by atoms with Gasteiger partial charge < -0.3 is 10.1 Å². The maximum atomic E-state index is 13.9. The number of aromatic nitrogens is 1. The van der Waals surface area contributed by atoms with E-state index in [0.717, 1.165) is 12.1 Å². The molecule has 174 valence electrons. The number of ether oxygens (including phenoxy) is 1. The van der Waals surface area contributed by atoms with Gasteiger partial charge in [-0.15, -0.1) is 11.3 Å². The van der Waals surface area contributed by atoms with E-state index < -0.39 is 23.5 Å². The topological polar surface area (TPSA) is 51.2 Å². The van der Waals surface area contributed by atoms with Gasteiger partial charge in [0.25, 0.3) is 5.91 Å². The number of alkyl halides is 3. The normalized spacial score (nSPS) is 11.3. The SMILES string of the molecule is O=C(Nc1cccc(C(F)(F)F)c1)c1csc(-c2ccc(OCc3c(F)cccc3Cl)cc2)n1. The minimum atomic E-state index is -4.51. The monoisotopic (exact) mass is 506 g/mol. The van der Waals surface area contributed by atoms with Gasteiger partial charge in [0.1, 0.15) is 28.9 Å². The van der Waals surface area contributed by atoms with Crippen LogP contribution in [0.25, 0.3) is 10.6 Å². The molecule has 4 rings (SSSR count). The molecular formula is C24H15ClF4N2O2S. The number of nitrogens with zero attached hydrogens (tertiary/aromatic N) is 1. The van der Waals surface area contributed by atoms with Crippen LogP contribution in [0.5, 0.6) is 5.75 Å². The molecule has 0 radical (unpaired) electrons. The number of carbonyl (C=O) groups excluding carboxylic acids is 1. The Bertz CT molecular complexity index is 1300. The van der Waals surface area contributed by atoms with Gasteiger partial charge in [-0.3, -0.25) is 4.79 Å². The summed E-state index contributed by atoms with van der Waals surface area (Å²) in [5.74, 6) is -0.589. The van der Waals surface area contributed by atoms with Crippen molar-refractivity contribution in [3.63, 3.8) is 0 Å². The Balaban J connectivity index is 1.41. The number of benzene rings is 3. The fourth-order valence-corrected chi connectivity index (χ4v) is 4.02. The molecule has 4 aromatic rings. The summed E-state index contributed by atoms with van der Waals surface area (Å²) in [4.78, 5) is 16.7. The van der Waals surface area contributed by atoms with E-state index in [1.165, 1.54) is 41.0 Å². The summed E-state index contributed by atoms with van der Waals surface area (Å²) in [6.45, 7) is -0.0397. The molecule has 1 amide bonds. The number of carbonyl (C=O) groups is 1. The van der Waals surface area contributed by atoms with Crippen molar-refractivity contribution in [2.24, 2.45) is 0 Å². The number of amides is 1. The lowest BCUT2D eigenvalue weighted by Gasteiger charge is -2.09. The van der Waals surface area contributed by atoms with Crippen molar-refractivity contribution in [2.45, 2.75) is 12.8 Å². The molecule has 3 aromatic carbocycles. The van der Waals surface area contributed by atoms with Crippen LogP contribution in [0.2, 0.25) is 5.02 Å². The van der Waals surface area contributed by atoms with Crippen LogP contribution in [0.4, 0.5) is 23.2 Å². The Labute approximate surface area is 200 Å². The van der Waals surface area contributed by atoms with Crippen molar-refractivity contribution in [2.75, 3.05) is 5.32 Å². The molecule has 0 fully saturated rings. The Morgan fingerprint density at radius 2 is 1.79 bits per heavy atom. The zero-order valence-corrected chi connectivity index (χ0v) is 18.8. The highest BCUT2D eigenvalue weighted by Gasteiger charge is 2.30. The van der Waals surface area contributed by atoms with Crippen molar-refractivity contribution in [1.82, 2.24) is 4.98 Å². The van der Waals surface area contributed by atoms with Gasteiger partial charge in [-0.2, -0.15) is 13.2 Å². The first-order chi connectivity index (χ1) is 16.2. The van der Waals surface area contributed by atoms with E-state index in [4.69, 9.17) is 16.3 Å². The molecule has 4 nitrogen and oxygen atoms in total. The molecule has 34 heavy (non-hydrogen) atoms. The average molecular weight is 507 g/mol. The molecule has 0 atom stereocenters. The van der Waals surface area contributed by atoms with Crippen LogP contribution < -0.4 is 10.1 Å². The quantitative estimate of drug-likeness (QED) is 0.276. The number of nitrogens with one attached hydrogen (secondary N) is 1. The molecule has 1 aromatic heterocycles. The molecule has 0 aliphatic carbocycles. The number of rotatable bonds is 6. The highest BCUT2D eigenvalue weighted by atomic mass is 35.5. The first-order valence-corrected chi connectivity index (χ1v) is 11.1. The second-order valence-corrected chi connectivity index (χ2v) is 8.35. The van der Waals surface area contributed by atoms with Crippen LogP contribution in [-0.4, -0.2) is 10.9 Å². The predicted octanol–water partition coefficient (Wildman–Crippen LogP) is 7.45. The third kappa shape index (κ3) is 5.55. The first kappa shape index (κ1) is 23.7. The van der Waals surface area contributed by atoms with Crippen LogP contribution in [0.1, 0.15) is 21.6 Å². The second kappa shape index (κ2) is 9.82. The Kier molecular flexibility index (Phi) is 6.85. The maximum Gasteiger partial charge on any atom is 0.416 e. The first-order valence-electron chi connectivity index (χ1n) is 9.81. The molecule has 1 N–H and O–H groups in total. The van der Waals surface area contributed by atoms with Gasteiger partial charge in [0.15, 0.2) is 0 Å². The predicted molar refractivity (Wildman–Crippen MR) is 123 cm³/mol. The van der Waals surface area contributed by atoms with Gasteiger partial charge in [-0.05, 0) is 54.6 Å². The van der Waals surface area contributed by atoms with E-state index in [9.17, 15) is 22.4 Å². The second-order valence-electron chi connectivity index (χ2n) is 7.08. The zero-order chi connectivity index (χ0) is 24.3. The molecule has 0 bridgehead atoms. The van der Waals surface area contributed by atoms with Crippen molar-refractivity contribution in [3.8, 4) is 16.3 Å². The average Bonchev–Trinajstić information content (AvgIpc) is 3.29. The van der Waals surface area contributed by atoms with E-state index in [-0.39, 0.29) is 28.6 Å². The summed E-state index contributed by atoms with van der Waals surface area (Å²) in [6, 6.07) is 15.6. The largest absolute Gasteiger partial charge is 0.489 e. The van der Waals surface area contributed by atoms with Crippen LogP contribution in [0, 0.1) is 5.82 Å². The Morgan fingerprint density at radius 1 is 1.06 bits per heavy atom. The summed E-state index contributed by atoms with van der Waals surface area (Å²) in [5, 5.41) is 4.76. The van der Waals surface area contributed by atoms with E-state index in [1.54, 1.807) is 30.3 Å². The minimum absolute atomic E-state index is 0.0193. The third-order valence-corrected chi connectivity index (χ3v) is 5.98. The van der Waals surface area contributed by atoms with Crippen LogP contribution >= 0.6 is 22.9 Å². The highest BCUT2D eigenvalue weighted by Crippen LogP contribution is 2.31. The van der Waals surface area contributed by atoms with E-state index in [1.807, 2.05) is 0 Å². The summed E-state index contributed by atoms with van der Waals surface area (Å²) in [7, 11) is 0. The third-order valence-electron chi connectivity index (χ3n) is 4.73. The molecule has 0 saturated heterocycles. The fourth-order valence-electron chi connectivity index (χ4n) is 3.00. The number of thiazole rings is 1. The smallest absolute Gasteiger partial charge is 0.416 e. The number of hydrogen-bond donors (Lipinski definition) is 1. The molecule has 0 unspecified atom stereocenters. The molecule has 1 heterocycles. The van der Waals surface area contributed by atoms with Crippen molar-refractivity contribution in [3.05, 3.63) is 99.8 Å². The van der Waals surface area contributed by atoms with Gasteiger partial charge in [0.05, 0.1) is 10.6 Å². The molecule has 0 aliphatic heterocycles. The Hall–Kier alpha value is -3.43. The van der Waals surface area contributed by atoms with Gasteiger partial charge in [-0.1, -0.05) is 23.7 Å². The molecule has 0 saturated carbocycles. The molecule has 10 heteroatoms. The lowest BCUT2D eigenvalue weighted by Crippen LogP contribution is -2.13. The van der Waals surface area contributed by atoms with Gasteiger partial charge in [0.2, 0.25) is 0 Å².